The van der Waals surface area contributed by atoms with Crippen molar-refractivity contribution in [2.75, 3.05) is 6.61 Å². The molecule has 1 fully saturated rings. The van der Waals surface area contributed by atoms with E-state index in [-0.39, 0.29) is 12.4 Å². The fourth-order valence-electron chi connectivity index (χ4n) is 2.04. The van der Waals surface area contributed by atoms with Crippen molar-refractivity contribution < 1.29 is 23.2 Å². The monoisotopic (exact) mass is 294 g/mol. The van der Waals surface area contributed by atoms with Gasteiger partial charge in [0.2, 0.25) is 0 Å². The summed E-state index contributed by atoms with van der Waals surface area (Å²) in [5.74, 6) is -0.223. The maximum absolute atomic E-state index is 11.8. The average Bonchev–Trinajstić information content (AvgIpc) is 2.76. The molecule has 10 heteroatoms. The molecule has 1 aliphatic carbocycles. The lowest BCUT2D eigenvalue weighted by Crippen LogP contribution is -2.58. The number of carbonyl (C=O) groups is 1. The quantitative estimate of drug-likeness (QED) is 0.236. The molecule has 0 aromatic carbocycles. The predicted octanol–water partition coefficient (Wildman–Crippen LogP) is -0.374. The highest BCUT2D eigenvalue weighted by Crippen LogP contribution is 2.30. The molecule has 9 nitrogen and oxygen atoms in total. The van der Waals surface area contributed by atoms with Gasteiger partial charge < -0.3 is 15.7 Å². The van der Waals surface area contributed by atoms with Crippen LogP contribution in [-0.4, -0.2) is 37.7 Å². The van der Waals surface area contributed by atoms with Crippen molar-refractivity contribution in [2.45, 2.75) is 38.1 Å². The lowest BCUT2D eigenvalue weighted by Gasteiger charge is -2.27. The van der Waals surface area contributed by atoms with E-state index < -0.39 is 21.8 Å². The number of hydrogen-bond acceptors (Lipinski definition) is 6. The Hall–Kier alpha value is -1.55. The van der Waals surface area contributed by atoms with Crippen LogP contribution in [0.2, 0.25) is 0 Å². The molecule has 0 radical (unpaired) electrons. The Morgan fingerprint density at radius 3 is 2.53 bits per heavy atom. The summed E-state index contributed by atoms with van der Waals surface area (Å²) in [7, 11) is -4.15. The molecule has 0 spiro atoms. The second-order valence-corrected chi connectivity index (χ2v) is 5.62. The van der Waals surface area contributed by atoms with Crippen molar-refractivity contribution in [3.63, 3.8) is 0 Å². The Labute approximate surface area is 111 Å². The van der Waals surface area contributed by atoms with E-state index in [1.807, 2.05) is 0 Å². The molecule has 1 aliphatic rings. The van der Waals surface area contributed by atoms with Crippen LogP contribution < -0.4 is 15.2 Å². The molecule has 1 rings (SSSR count). The SMILES string of the molecule is CCOC(=O)NS(=O)(=O)NC1(C(N)=NO)CCCC1. The molecule has 0 heterocycles. The van der Waals surface area contributed by atoms with Crippen LogP contribution in [0.25, 0.3) is 0 Å². The van der Waals surface area contributed by atoms with Crippen LogP contribution in [0.1, 0.15) is 32.6 Å². The minimum absolute atomic E-state index is 0.0483. The first-order valence-corrected chi connectivity index (χ1v) is 7.30. The highest BCUT2D eigenvalue weighted by atomic mass is 32.2. The van der Waals surface area contributed by atoms with Crippen LogP contribution in [0.3, 0.4) is 0 Å². The van der Waals surface area contributed by atoms with Gasteiger partial charge in [-0.2, -0.15) is 13.1 Å². The van der Waals surface area contributed by atoms with E-state index in [1.54, 1.807) is 11.6 Å². The average molecular weight is 294 g/mol. The number of carbonyl (C=O) groups excluding carboxylic acids is 1. The number of rotatable bonds is 5. The third-order valence-corrected chi connectivity index (χ3v) is 3.97. The van der Waals surface area contributed by atoms with Crippen LogP contribution in [-0.2, 0) is 14.9 Å². The first-order chi connectivity index (χ1) is 8.85. The summed E-state index contributed by atoms with van der Waals surface area (Å²) < 4.78 is 32.0. The maximum atomic E-state index is 11.8. The van der Waals surface area contributed by atoms with Crippen molar-refractivity contribution >= 4 is 22.1 Å². The zero-order valence-corrected chi connectivity index (χ0v) is 11.4. The Morgan fingerprint density at radius 1 is 1.47 bits per heavy atom. The zero-order chi connectivity index (χ0) is 14.5. The van der Waals surface area contributed by atoms with Crippen molar-refractivity contribution in [1.82, 2.24) is 9.44 Å². The molecular formula is C9H18N4O5S. The number of amides is 1. The fraction of sp³-hybridized carbons (Fsp3) is 0.778. The van der Waals surface area contributed by atoms with E-state index in [0.717, 1.165) is 12.8 Å². The molecule has 0 aromatic heterocycles. The molecule has 0 aromatic rings. The van der Waals surface area contributed by atoms with Crippen molar-refractivity contribution in [2.24, 2.45) is 10.9 Å². The molecule has 1 saturated carbocycles. The van der Waals surface area contributed by atoms with E-state index in [2.05, 4.69) is 14.6 Å². The molecule has 0 unspecified atom stereocenters. The summed E-state index contributed by atoms with van der Waals surface area (Å²) in [6, 6.07) is 0. The van der Waals surface area contributed by atoms with Crippen molar-refractivity contribution in [3.8, 4) is 0 Å². The first kappa shape index (κ1) is 15.5. The molecule has 1 amide bonds. The third-order valence-electron chi connectivity index (χ3n) is 2.88. The van der Waals surface area contributed by atoms with E-state index >= 15 is 0 Å². The van der Waals surface area contributed by atoms with Gasteiger partial charge in [-0.15, -0.1) is 0 Å². The second-order valence-electron chi connectivity index (χ2n) is 4.20. The molecule has 0 bridgehead atoms. The third kappa shape index (κ3) is 3.96. The van der Waals surface area contributed by atoms with Crippen LogP contribution in [0.4, 0.5) is 4.79 Å². The lowest BCUT2D eigenvalue weighted by molar-refractivity contribution is 0.158. The van der Waals surface area contributed by atoms with Gasteiger partial charge in [0, 0.05) is 0 Å². The van der Waals surface area contributed by atoms with Gasteiger partial charge in [-0.25, -0.2) is 9.52 Å². The topological polar surface area (TPSA) is 143 Å². The van der Waals surface area contributed by atoms with Gasteiger partial charge in [0.05, 0.1) is 12.1 Å². The largest absolute Gasteiger partial charge is 0.449 e. The molecule has 5 N–H and O–H groups in total. The van der Waals surface area contributed by atoms with E-state index in [9.17, 15) is 13.2 Å². The highest BCUT2D eigenvalue weighted by Gasteiger charge is 2.42. The Bertz CT molecular complexity index is 455. The standard InChI is InChI=1S/C9H18N4O5S/c1-2-18-8(14)12-19(16,17)13-9(7(10)11-15)5-3-4-6-9/h13,15H,2-6H2,1H3,(H2,10,11)(H,12,14). The predicted molar refractivity (Wildman–Crippen MR) is 66.8 cm³/mol. The van der Waals surface area contributed by atoms with Crippen LogP contribution in [0.15, 0.2) is 5.16 Å². The fourth-order valence-corrected chi connectivity index (χ4v) is 3.19. The van der Waals surface area contributed by atoms with E-state index in [1.165, 1.54) is 0 Å². The van der Waals surface area contributed by atoms with Gasteiger partial charge >= 0.3 is 16.3 Å². The summed E-state index contributed by atoms with van der Waals surface area (Å²) >= 11 is 0. The smallest absolute Gasteiger partial charge is 0.421 e. The maximum Gasteiger partial charge on any atom is 0.421 e. The van der Waals surface area contributed by atoms with Gasteiger partial charge in [-0.1, -0.05) is 18.0 Å². The summed E-state index contributed by atoms with van der Waals surface area (Å²) in [6.45, 7) is 1.60. The number of oxime groups is 1. The van der Waals surface area contributed by atoms with Crippen molar-refractivity contribution in [1.29, 1.82) is 0 Å². The van der Waals surface area contributed by atoms with Gasteiger partial charge in [0.25, 0.3) is 0 Å². The number of ether oxygens (including phenoxy) is 1. The zero-order valence-electron chi connectivity index (χ0n) is 10.5. The lowest BCUT2D eigenvalue weighted by atomic mass is 9.98. The molecule has 0 aliphatic heterocycles. The second kappa shape index (κ2) is 6.06. The van der Waals surface area contributed by atoms with Gasteiger partial charge in [-0.3, -0.25) is 0 Å². The van der Waals surface area contributed by atoms with E-state index in [0.29, 0.717) is 12.8 Å². The molecule has 110 valence electrons. The van der Waals surface area contributed by atoms with Crippen LogP contribution in [0.5, 0.6) is 0 Å². The Kier molecular flexibility index (Phi) is 4.95. The first-order valence-electron chi connectivity index (χ1n) is 5.82. The molecular weight excluding hydrogens is 276 g/mol. The van der Waals surface area contributed by atoms with Gasteiger partial charge in [-0.05, 0) is 19.8 Å². The van der Waals surface area contributed by atoms with Crippen molar-refractivity contribution in [3.05, 3.63) is 0 Å². The van der Waals surface area contributed by atoms with Gasteiger partial charge in [0.15, 0.2) is 5.84 Å². The number of amidine groups is 1. The number of nitrogens with one attached hydrogen (secondary N) is 2. The van der Waals surface area contributed by atoms with Gasteiger partial charge in [0.1, 0.15) is 0 Å². The number of nitrogens with zero attached hydrogens (tertiary/aromatic N) is 1. The Balaban J connectivity index is 2.82. The minimum Gasteiger partial charge on any atom is -0.449 e. The van der Waals surface area contributed by atoms with Crippen LogP contribution in [0, 0.1) is 0 Å². The number of nitrogens with two attached hydrogens (primary N) is 1. The Morgan fingerprint density at radius 2 is 2.05 bits per heavy atom. The highest BCUT2D eigenvalue weighted by molar-refractivity contribution is 7.88. The summed E-state index contributed by atoms with van der Waals surface area (Å²) in [4.78, 5) is 11.1. The van der Waals surface area contributed by atoms with E-state index in [4.69, 9.17) is 10.9 Å². The summed E-state index contributed by atoms with van der Waals surface area (Å²) in [5.41, 5.74) is 4.38. The van der Waals surface area contributed by atoms with Crippen LogP contribution >= 0.6 is 0 Å². The molecule has 0 atom stereocenters. The molecule has 0 saturated heterocycles. The minimum atomic E-state index is -4.15. The summed E-state index contributed by atoms with van der Waals surface area (Å²) in [6.07, 6.45) is 1.18. The molecule has 19 heavy (non-hydrogen) atoms. The summed E-state index contributed by atoms with van der Waals surface area (Å²) in [5, 5.41) is 11.6. The normalized spacial score (nSPS) is 19.1. The number of hydrogen-bond donors (Lipinski definition) is 4.